The van der Waals surface area contributed by atoms with Crippen molar-refractivity contribution in [3.63, 3.8) is 0 Å². The largest absolute Gasteiger partial charge is 0.490 e. The van der Waals surface area contributed by atoms with Crippen LogP contribution in [0, 0.1) is 17.1 Å². The third kappa shape index (κ3) is 6.90. The third-order valence-corrected chi connectivity index (χ3v) is 6.18. The maximum atomic E-state index is 13.8. The molecule has 1 N–H and O–H groups in total. The maximum absolute atomic E-state index is 13.8. The van der Waals surface area contributed by atoms with E-state index in [1.165, 1.54) is 6.07 Å². The molecule has 2 fully saturated rings. The molecule has 0 aliphatic carbocycles. The summed E-state index contributed by atoms with van der Waals surface area (Å²) in [6, 6.07) is 13.7. The number of fused-ring (bicyclic) bond motifs is 2. The highest BCUT2D eigenvalue weighted by Crippen LogP contribution is 2.22. The van der Waals surface area contributed by atoms with E-state index in [4.69, 9.17) is 26.3 Å². The number of carbonyl (C=O) groups excluding carboxylic acids is 1. The Morgan fingerprint density at radius 3 is 2.53 bits per heavy atom. The number of benzene rings is 2. The molecule has 2 aromatic rings. The normalized spacial score (nSPS) is 20.5. The summed E-state index contributed by atoms with van der Waals surface area (Å²) in [5.74, 6) is -0.251. The monoisotopic (exact) mass is 486 g/mol. The fourth-order valence-electron chi connectivity index (χ4n) is 4.39. The van der Waals surface area contributed by atoms with Gasteiger partial charge in [-0.1, -0.05) is 23.7 Å². The first-order chi connectivity index (χ1) is 16.5. The van der Waals surface area contributed by atoms with Gasteiger partial charge in [0.2, 0.25) is 5.91 Å². The summed E-state index contributed by atoms with van der Waals surface area (Å²) in [4.78, 5) is 16.9. The van der Waals surface area contributed by atoms with Crippen molar-refractivity contribution in [2.24, 2.45) is 0 Å². The second-order valence-corrected chi connectivity index (χ2v) is 9.13. The average molecular weight is 487 g/mol. The number of nitriles is 1. The van der Waals surface area contributed by atoms with E-state index in [1.807, 2.05) is 12.1 Å². The van der Waals surface area contributed by atoms with Crippen LogP contribution in [0.5, 0.6) is 5.75 Å². The van der Waals surface area contributed by atoms with E-state index >= 15 is 0 Å². The Kier molecular flexibility index (Phi) is 8.35. The zero-order valence-corrected chi connectivity index (χ0v) is 19.6. The topological polar surface area (TPSA) is 77.8 Å². The van der Waals surface area contributed by atoms with Crippen LogP contribution in [-0.2, 0) is 16.1 Å². The maximum Gasteiger partial charge on any atom is 0.234 e. The summed E-state index contributed by atoms with van der Waals surface area (Å²) in [5, 5.41) is 12.2. The number of rotatable bonds is 9. The van der Waals surface area contributed by atoms with Gasteiger partial charge in [0.1, 0.15) is 0 Å². The van der Waals surface area contributed by atoms with Gasteiger partial charge >= 0.3 is 0 Å². The van der Waals surface area contributed by atoms with Crippen molar-refractivity contribution in [2.75, 3.05) is 45.9 Å². The molecule has 0 saturated carbocycles. The van der Waals surface area contributed by atoms with Gasteiger partial charge in [-0.05, 0) is 42.3 Å². The molecule has 2 atom stereocenters. The summed E-state index contributed by atoms with van der Waals surface area (Å²) in [6.07, 6.45) is 0.907. The zero-order chi connectivity index (χ0) is 23.9. The second-order valence-electron chi connectivity index (χ2n) is 8.70. The van der Waals surface area contributed by atoms with Gasteiger partial charge < -0.3 is 14.8 Å². The average Bonchev–Trinajstić information content (AvgIpc) is 2.81. The number of nitrogens with zero attached hydrogens (tertiary/aromatic N) is 3. The number of morpholine rings is 2. The van der Waals surface area contributed by atoms with Crippen LogP contribution in [0.15, 0.2) is 42.5 Å². The van der Waals surface area contributed by atoms with Gasteiger partial charge in [-0.15, -0.1) is 0 Å². The molecule has 2 aliphatic heterocycles. The highest BCUT2D eigenvalue weighted by molar-refractivity contribution is 6.30. The van der Waals surface area contributed by atoms with Gasteiger partial charge in [-0.3, -0.25) is 14.6 Å². The number of amides is 1. The van der Waals surface area contributed by atoms with Crippen molar-refractivity contribution >= 4 is 17.5 Å². The molecule has 4 rings (SSSR count). The first-order valence-corrected chi connectivity index (χ1v) is 11.8. The molecular formula is C25H28ClFN4O3. The van der Waals surface area contributed by atoms with E-state index in [-0.39, 0.29) is 23.9 Å². The molecule has 7 nitrogen and oxygen atoms in total. The quantitative estimate of drug-likeness (QED) is 0.549. The van der Waals surface area contributed by atoms with Gasteiger partial charge in [-0.25, -0.2) is 4.39 Å². The molecular weight excluding hydrogens is 459 g/mol. The lowest BCUT2D eigenvalue weighted by molar-refractivity contribution is -0.145. The Morgan fingerprint density at radius 2 is 1.85 bits per heavy atom. The van der Waals surface area contributed by atoms with E-state index in [0.29, 0.717) is 43.4 Å². The molecule has 2 aromatic carbocycles. The highest BCUT2D eigenvalue weighted by atomic mass is 35.5. The lowest BCUT2D eigenvalue weighted by atomic mass is 10.1. The Labute approximate surface area is 204 Å². The number of hydrogen-bond donors (Lipinski definition) is 1. The van der Waals surface area contributed by atoms with Gasteiger partial charge in [0.25, 0.3) is 0 Å². The molecule has 2 bridgehead atoms. The van der Waals surface area contributed by atoms with E-state index in [2.05, 4.69) is 21.2 Å². The lowest BCUT2D eigenvalue weighted by Gasteiger charge is -2.45. The first kappa shape index (κ1) is 24.4. The summed E-state index contributed by atoms with van der Waals surface area (Å²) in [7, 11) is 0. The minimum atomic E-state index is -0.450. The molecule has 2 saturated heterocycles. The molecule has 34 heavy (non-hydrogen) atoms. The van der Waals surface area contributed by atoms with Gasteiger partial charge in [0.15, 0.2) is 11.6 Å². The molecule has 1 amide bonds. The summed E-state index contributed by atoms with van der Waals surface area (Å²) in [6.45, 7) is 5.08. The van der Waals surface area contributed by atoms with Gasteiger partial charge in [0, 0.05) is 44.3 Å². The molecule has 0 aromatic heterocycles. The fourth-order valence-corrected chi connectivity index (χ4v) is 4.55. The van der Waals surface area contributed by atoms with Crippen LogP contribution >= 0.6 is 11.6 Å². The predicted molar refractivity (Wildman–Crippen MR) is 126 cm³/mol. The van der Waals surface area contributed by atoms with E-state index in [1.54, 1.807) is 24.3 Å². The van der Waals surface area contributed by atoms with Crippen LogP contribution in [0.25, 0.3) is 0 Å². The van der Waals surface area contributed by atoms with Crippen molar-refractivity contribution in [1.82, 2.24) is 15.1 Å². The number of ether oxygens (including phenoxy) is 2. The minimum absolute atomic E-state index is 0.0206. The van der Waals surface area contributed by atoms with Crippen LogP contribution in [0.2, 0.25) is 5.02 Å². The van der Waals surface area contributed by atoms with Crippen molar-refractivity contribution in [1.29, 1.82) is 5.26 Å². The van der Waals surface area contributed by atoms with Crippen molar-refractivity contribution in [2.45, 2.75) is 25.2 Å². The van der Waals surface area contributed by atoms with Crippen molar-refractivity contribution in [3.8, 4) is 11.8 Å². The molecule has 0 radical (unpaired) electrons. The number of carbonyl (C=O) groups is 1. The number of hydrogen-bond acceptors (Lipinski definition) is 6. The summed E-state index contributed by atoms with van der Waals surface area (Å²) in [5.41, 5.74) is 1.57. The zero-order valence-electron chi connectivity index (χ0n) is 18.9. The predicted octanol–water partition coefficient (Wildman–Crippen LogP) is 2.82. The second kappa shape index (κ2) is 11.6. The van der Waals surface area contributed by atoms with Gasteiger partial charge in [-0.2, -0.15) is 5.26 Å². The lowest BCUT2D eigenvalue weighted by Crippen LogP contribution is -2.60. The Balaban J connectivity index is 1.15. The standard InChI is InChI=1S/C25H28ClFN4O3/c26-20-6-7-24(23(27)10-20)33-9-1-8-30-13-21-15-31(16-22(14-30)34-21)17-25(32)29-12-19-4-2-18(11-28)3-5-19/h2-7,10,21-22H,1,8-9,12-17H2,(H,29,32). The Bertz CT molecular complexity index is 1020. The van der Waals surface area contributed by atoms with Crippen LogP contribution < -0.4 is 10.1 Å². The Hall–Kier alpha value is -2.70. The first-order valence-electron chi connectivity index (χ1n) is 11.4. The molecule has 0 spiro atoms. The molecule has 2 aliphatic rings. The molecule has 180 valence electrons. The van der Waals surface area contributed by atoms with Crippen molar-refractivity contribution < 1.29 is 18.7 Å². The van der Waals surface area contributed by atoms with E-state index in [9.17, 15) is 9.18 Å². The summed E-state index contributed by atoms with van der Waals surface area (Å²) >= 11 is 5.77. The molecule has 2 unspecified atom stereocenters. The fraction of sp³-hybridized carbons (Fsp3) is 0.440. The highest BCUT2D eigenvalue weighted by Gasteiger charge is 2.35. The smallest absolute Gasteiger partial charge is 0.234 e. The SMILES string of the molecule is N#Cc1ccc(CNC(=O)CN2CC3CN(CCCOc4ccc(Cl)cc4F)CC(C2)O3)cc1. The van der Waals surface area contributed by atoms with Crippen LogP contribution in [-0.4, -0.2) is 73.8 Å². The van der Waals surface area contributed by atoms with E-state index < -0.39 is 5.82 Å². The Morgan fingerprint density at radius 1 is 1.15 bits per heavy atom. The van der Waals surface area contributed by atoms with Crippen molar-refractivity contribution in [3.05, 3.63) is 64.4 Å². The minimum Gasteiger partial charge on any atom is -0.490 e. The summed E-state index contributed by atoms with van der Waals surface area (Å²) < 4.78 is 25.4. The van der Waals surface area contributed by atoms with Crippen LogP contribution in [0.3, 0.4) is 0 Å². The number of halogens is 2. The molecule has 9 heteroatoms. The third-order valence-electron chi connectivity index (χ3n) is 5.94. The van der Waals surface area contributed by atoms with Crippen LogP contribution in [0.4, 0.5) is 4.39 Å². The van der Waals surface area contributed by atoms with Gasteiger partial charge in [0.05, 0.1) is 37.0 Å². The molecule has 2 heterocycles. The van der Waals surface area contributed by atoms with E-state index in [0.717, 1.165) is 31.6 Å². The van der Waals surface area contributed by atoms with Crippen LogP contribution in [0.1, 0.15) is 17.5 Å². The number of nitrogens with one attached hydrogen (secondary N) is 1.